The summed E-state index contributed by atoms with van der Waals surface area (Å²) < 4.78 is 26.4. The summed E-state index contributed by atoms with van der Waals surface area (Å²) in [6.45, 7) is 3.73. The Hall–Kier alpha value is -2.48. The third kappa shape index (κ3) is 2.91. The van der Waals surface area contributed by atoms with E-state index in [1.807, 2.05) is 6.92 Å². The summed E-state index contributed by atoms with van der Waals surface area (Å²) in [5.74, 6) is -1.22. The summed E-state index contributed by atoms with van der Waals surface area (Å²) in [6, 6.07) is 7.22. The van der Waals surface area contributed by atoms with Gasteiger partial charge in [-0.25, -0.2) is 8.78 Å². The van der Waals surface area contributed by atoms with Crippen LogP contribution < -0.4 is 5.32 Å². The van der Waals surface area contributed by atoms with E-state index in [1.165, 1.54) is 12.1 Å². The minimum atomic E-state index is -0.612. The lowest BCUT2D eigenvalue weighted by atomic mass is 10.1. The first-order chi connectivity index (χ1) is 9.51. The van der Waals surface area contributed by atoms with Gasteiger partial charge in [0.25, 0.3) is 0 Å². The van der Waals surface area contributed by atoms with E-state index >= 15 is 0 Å². The van der Waals surface area contributed by atoms with Gasteiger partial charge in [-0.05, 0) is 26.0 Å². The van der Waals surface area contributed by atoms with Crippen molar-refractivity contribution in [3.8, 4) is 6.07 Å². The highest BCUT2D eigenvalue weighted by atomic mass is 19.1. The molecule has 0 saturated heterocycles. The molecule has 0 fully saturated rings. The van der Waals surface area contributed by atoms with E-state index in [2.05, 4.69) is 16.4 Å². The summed E-state index contributed by atoms with van der Waals surface area (Å²) in [7, 11) is 0. The second-order valence-electron chi connectivity index (χ2n) is 4.47. The molecule has 0 aliphatic carbocycles. The van der Waals surface area contributed by atoms with Gasteiger partial charge in [-0.2, -0.15) is 5.26 Å². The highest BCUT2D eigenvalue weighted by Crippen LogP contribution is 2.20. The topological polar surface area (TPSA) is 48.7 Å². The Morgan fingerprint density at radius 3 is 2.65 bits per heavy atom. The molecule has 1 aromatic heterocycles. The number of anilines is 1. The standard InChI is InChI=1S/C15H13F2N3/c1-9-5-15(13(7-18)10(2)20-9)19-8-11-3-4-12(16)6-14(11)17/h3-6H,8H2,1-2H3,(H,19,20). The van der Waals surface area contributed by atoms with E-state index < -0.39 is 11.6 Å². The first-order valence-corrected chi connectivity index (χ1v) is 6.07. The minimum Gasteiger partial charge on any atom is -0.380 e. The van der Waals surface area contributed by atoms with Crippen molar-refractivity contribution in [2.24, 2.45) is 0 Å². The van der Waals surface area contributed by atoms with Gasteiger partial charge in [0.1, 0.15) is 17.7 Å². The molecule has 0 spiro atoms. The van der Waals surface area contributed by atoms with E-state index in [-0.39, 0.29) is 6.54 Å². The molecule has 0 bridgehead atoms. The number of pyridine rings is 1. The molecule has 0 aliphatic heterocycles. The predicted octanol–water partition coefficient (Wildman–Crippen LogP) is 3.46. The van der Waals surface area contributed by atoms with Gasteiger partial charge >= 0.3 is 0 Å². The lowest BCUT2D eigenvalue weighted by molar-refractivity contribution is 0.574. The Balaban J connectivity index is 2.25. The van der Waals surface area contributed by atoms with Crippen LogP contribution in [0.15, 0.2) is 24.3 Å². The Labute approximate surface area is 115 Å². The van der Waals surface area contributed by atoms with Crippen molar-refractivity contribution in [1.29, 1.82) is 5.26 Å². The molecule has 2 rings (SSSR count). The van der Waals surface area contributed by atoms with Gasteiger partial charge in [0.2, 0.25) is 0 Å². The van der Waals surface area contributed by atoms with Gasteiger partial charge in [0, 0.05) is 23.9 Å². The number of rotatable bonds is 3. The molecule has 5 heteroatoms. The van der Waals surface area contributed by atoms with E-state index in [4.69, 9.17) is 5.26 Å². The molecule has 0 atom stereocenters. The fraction of sp³-hybridized carbons (Fsp3) is 0.200. The molecule has 102 valence electrons. The Kier molecular flexibility index (Phi) is 3.94. The summed E-state index contributed by atoms with van der Waals surface area (Å²) in [5, 5.41) is 12.1. The van der Waals surface area contributed by atoms with Gasteiger partial charge in [-0.1, -0.05) is 6.07 Å². The van der Waals surface area contributed by atoms with Crippen LogP contribution in [0.3, 0.4) is 0 Å². The van der Waals surface area contributed by atoms with Gasteiger partial charge < -0.3 is 5.32 Å². The average Bonchev–Trinajstić information content (AvgIpc) is 2.37. The second-order valence-corrected chi connectivity index (χ2v) is 4.47. The molecule has 3 nitrogen and oxygen atoms in total. The number of aromatic nitrogens is 1. The smallest absolute Gasteiger partial charge is 0.131 e. The highest BCUT2D eigenvalue weighted by molar-refractivity contribution is 5.60. The fourth-order valence-electron chi connectivity index (χ4n) is 1.96. The molecule has 2 aromatic rings. The maximum atomic E-state index is 13.5. The number of hydrogen-bond acceptors (Lipinski definition) is 3. The summed E-state index contributed by atoms with van der Waals surface area (Å²) in [4.78, 5) is 4.20. The van der Waals surface area contributed by atoms with Crippen LogP contribution >= 0.6 is 0 Å². The summed E-state index contributed by atoms with van der Waals surface area (Å²) >= 11 is 0. The van der Waals surface area contributed by atoms with Crippen LogP contribution in [0.25, 0.3) is 0 Å². The highest BCUT2D eigenvalue weighted by Gasteiger charge is 2.09. The fourth-order valence-corrected chi connectivity index (χ4v) is 1.96. The normalized spacial score (nSPS) is 10.2. The number of halogens is 2. The third-order valence-electron chi connectivity index (χ3n) is 2.92. The Bertz CT molecular complexity index is 690. The van der Waals surface area contributed by atoms with Gasteiger partial charge in [-0.15, -0.1) is 0 Å². The molecule has 1 aromatic carbocycles. The number of nitrogens with zero attached hydrogens (tertiary/aromatic N) is 2. The molecule has 1 heterocycles. The van der Waals surface area contributed by atoms with Crippen LogP contribution in [0.1, 0.15) is 22.5 Å². The first-order valence-electron chi connectivity index (χ1n) is 6.07. The number of nitrogens with one attached hydrogen (secondary N) is 1. The van der Waals surface area contributed by atoms with Gasteiger partial charge in [0.15, 0.2) is 0 Å². The zero-order valence-corrected chi connectivity index (χ0v) is 11.2. The summed E-state index contributed by atoms with van der Waals surface area (Å²) in [6.07, 6.45) is 0. The summed E-state index contributed by atoms with van der Waals surface area (Å²) in [5.41, 5.74) is 2.75. The monoisotopic (exact) mass is 273 g/mol. The molecule has 0 radical (unpaired) electrons. The van der Waals surface area contributed by atoms with Gasteiger partial charge in [0.05, 0.1) is 16.9 Å². The van der Waals surface area contributed by atoms with Crippen LogP contribution in [-0.2, 0) is 6.54 Å². The molecular formula is C15H13F2N3. The number of hydrogen-bond donors (Lipinski definition) is 1. The van der Waals surface area contributed by atoms with Crippen molar-refractivity contribution >= 4 is 5.69 Å². The quantitative estimate of drug-likeness (QED) is 0.931. The number of benzene rings is 1. The van der Waals surface area contributed by atoms with E-state index in [0.29, 0.717) is 22.5 Å². The van der Waals surface area contributed by atoms with Crippen molar-refractivity contribution in [3.63, 3.8) is 0 Å². The maximum absolute atomic E-state index is 13.5. The zero-order chi connectivity index (χ0) is 14.7. The number of aryl methyl sites for hydroxylation is 2. The van der Waals surface area contributed by atoms with Gasteiger partial charge in [-0.3, -0.25) is 4.98 Å². The van der Waals surface area contributed by atoms with Crippen LogP contribution in [0, 0.1) is 36.8 Å². The minimum absolute atomic E-state index is 0.170. The maximum Gasteiger partial charge on any atom is 0.131 e. The van der Waals surface area contributed by atoms with Crippen LogP contribution in [-0.4, -0.2) is 4.98 Å². The van der Waals surface area contributed by atoms with Crippen molar-refractivity contribution in [2.45, 2.75) is 20.4 Å². The molecule has 1 N–H and O–H groups in total. The SMILES string of the molecule is Cc1cc(NCc2ccc(F)cc2F)c(C#N)c(C)n1. The largest absolute Gasteiger partial charge is 0.380 e. The molecule has 0 amide bonds. The molecule has 0 unspecified atom stereocenters. The lowest BCUT2D eigenvalue weighted by Crippen LogP contribution is -2.06. The van der Waals surface area contributed by atoms with Crippen molar-refractivity contribution < 1.29 is 8.78 Å². The van der Waals surface area contributed by atoms with Crippen LogP contribution in [0.4, 0.5) is 14.5 Å². The van der Waals surface area contributed by atoms with Crippen molar-refractivity contribution in [3.05, 3.63) is 58.4 Å². The Morgan fingerprint density at radius 2 is 2.00 bits per heavy atom. The van der Waals surface area contributed by atoms with Crippen molar-refractivity contribution in [2.75, 3.05) is 5.32 Å². The average molecular weight is 273 g/mol. The number of nitriles is 1. The zero-order valence-electron chi connectivity index (χ0n) is 11.2. The Morgan fingerprint density at radius 1 is 1.25 bits per heavy atom. The predicted molar refractivity (Wildman–Crippen MR) is 72.1 cm³/mol. The first kappa shape index (κ1) is 13.9. The second kappa shape index (κ2) is 5.66. The molecule has 0 aliphatic rings. The van der Waals surface area contributed by atoms with Crippen LogP contribution in [0.2, 0.25) is 0 Å². The molecular weight excluding hydrogens is 260 g/mol. The van der Waals surface area contributed by atoms with E-state index in [0.717, 1.165) is 11.8 Å². The van der Waals surface area contributed by atoms with Crippen LogP contribution in [0.5, 0.6) is 0 Å². The third-order valence-corrected chi connectivity index (χ3v) is 2.92. The van der Waals surface area contributed by atoms with E-state index in [1.54, 1.807) is 13.0 Å². The van der Waals surface area contributed by atoms with E-state index in [9.17, 15) is 8.78 Å². The molecule has 20 heavy (non-hydrogen) atoms. The van der Waals surface area contributed by atoms with Crippen molar-refractivity contribution in [1.82, 2.24) is 4.98 Å². The lowest BCUT2D eigenvalue weighted by Gasteiger charge is -2.11. The molecule has 0 saturated carbocycles.